The summed E-state index contributed by atoms with van der Waals surface area (Å²) in [7, 11) is 1.63. The molecule has 0 saturated carbocycles. The molecule has 2 heterocycles. The number of carbonyl (C=O) groups excluding carboxylic acids is 1. The van der Waals surface area contributed by atoms with Crippen LogP contribution in [0.25, 0.3) is 0 Å². The number of amides is 1. The summed E-state index contributed by atoms with van der Waals surface area (Å²) >= 11 is 3.38. The van der Waals surface area contributed by atoms with Crippen molar-refractivity contribution in [3.8, 4) is 5.75 Å². The topological polar surface area (TPSA) is 45.7 Å². The van der Waals surface area contributed by atoms with Gasteiger partial charge in [0, 0.05) is 23.6 Å². The van der Waals surface area contributed by atoms with Gasteiger partial charge in [-0.05, 0) is 45.8 Å². The van der Waals surface area contributed by atoms with Crippen LogP contribution < -0.4 is 9.64 Å². The van der Waals surface area contributed by atoms with Gasteiger partial charge in [0.1, 0.15) is 17.4 Å². The maximum atomic E-state index is 12.3. The number of benzene rings is 1. The molecule has 1 aromatic heterocycles. The highest BCUT2D eigenvalue weighted by Crippen LogP contribution is 2.26. The Kier molecular flexibility index (Phi) is 4.85. The van der Waals surface area contributed by atoms with Crippen molar-refractivity contribution in [3.05, 3.63) is 65.0 Å². The van der Waals surface area contributed by atoms with Gasteiger partial charge in [-0.2, -0.15) is 0 Å². The quantitative estimate of drug-likeness (QED) is 0.804. The molecule has 0 atom stereocenters. The number of carbonyl (C=O) groups is 1. The maximum absolute atomic E-state index is 12.3. The summed E-state index contributed by atoms with van der Waals surface area (Å²) in [6, 6.07) is 11.5. The predicted molar refractivity (Wildman–Crippen MR) is 96.6 cm³/mol. The van der Waals surface area contributed by atoms with Gasteiger partial charge in [-0.15, -0.1) is 0 Å². The molecular weight excluding hydrogens is 370 g/mol. The van der Waals surface area contributed by atoms with E-state index in [-0.39, 0.29) is 5.91 Å². The highest BCUT2D eigenvalue weighted by molar-refractivity contribution is 9.10. The second kappa shape index (κ2) is 7.05. The lowest BCUT2D eigenvalue weighted by Crippen LogP contribution is -2.45. The average molecular weight is 388 g/mol. The molecule has 2 aromatic rings. The molecule has 0 unspecified atom stereocenters. The minimum absolute atomic E-state index is 0.0733. The third-order valence-electron chi connectivity index (χ3n) is 3.96. The van der Waals surface area contributed by atoms with E-state index in [2.05, 4.69) is 27.5 Å². The van der Waals surface area contributed by atoms with Gasteiger partial charge >= 0.3 is 0 Å². The lowest BCUT2D eigenvalue weighted by molar-refractivity contribution is -0.130. The monoisotopic (exact) mass is 387 g/mol. The van der Waals surface area contributed by atoms with Crippen LogP contribution in [0.4, 0.5) is 5.82 Å². The first-order chi connectivity index (χ1) is 11.6. The zero-order valence-electron chi connectivity index (χ0n) is 13.4. The Balaban J connectivity index is 1.79. The van der Waals surface area contributed by atoms with Crippen molar-refractivity contribution >= 4 is 27.7 Å². The summed E-state index contributed by atoms with van der Waals surface area (Å²) in [6.07, 6.45) is 2.18. The van der Waals surface area contributed by atoms with Crippen molar-refractivity contribution in [1.29, 1.82) is 0 Å². The molecule has 1 saturated heterocycles. The van der Waals surface area contributed by atoms with Crippen LogP contribution in [0.5, 0.6) is 5.75 Å². The van der Waals surface area contributed by atoms with E-state index in [1.54, 1.807) is 18.2 Å². The average Bonchev–Trinajstić information content (AvgIpc) is 2.60. The standard InChI is InChI=1S/C18H18BrN3O2/c1-13-21(17-8-5-15(19)11-20-17)10-9-18(23)22(13)12-14-3-6-16(24-2)7-4-14/h3-8,11H,1,9-10,12H2,2H3. The molecule has 0 radical (unpaired) electrons. The smallest absolute Gasteiger partial charge is 0.230 e. The van der Waals surface area contributed by atoms with Crippen LogP contribution in [0.2, 0.25) is 0 Å². The SMILES string of the molecule is C=C1N(Cc2ccc(OC)cc2)C(=O)CCN1c1ccc(Br)cn1. The van der Waals surface area contributed by atoms with Gasteiger partial charge in [0.15, 0.2) is 0 Å². The lowest BCUT2D eigenvalue weighted by atomic mass is 10.1. The fraction of sp³-hybridized carbons (Fsp3) is 0.222. The predicted octanol–water partition coefficient (Wildman–Crippen LogP) is 3.56. The summed E-state index contributed by atoms with van der Waals surface area (Å²) in [4.78, 5) is 20.4. The second-order valence-electron chi connectivity index (χ2n) is 5.48. The van der Waals surface area contributed by atoms with Crippen LogP contribution in [0.1, 0.15) is 12.0 Å². The maximum Gasteiger partial charge on any atom is 0.230 e. The van der Waals surface area contributed by atoms with Gasteiger partial charge in [-0.25, -0.2) is 4.98 Å². The summed E-state index contributed by atoms with van der Waals surface area (Å²) < 4.78 is 6.08. The van der Waals surface area contributed by atoms with Crippen molar-refractivity contribution in [2.45, 2.75) is 13.0 Å². The van der Waals surface area contributed by atoms with E-state index in [1.165, 1.54) is 0 Å². The van der Waals surface area contributed by atoms with E-state index in [0.717, 1.165) is 21.6 Å². The number of nitrogens with zero attached hydrogens (tertiary/aromatic N) is 3. The van der Waals surface area contributed by atoms with Crippen LogP contribution in [0.15, 0.2) is 59.5 Å². The van der Waals surface area contributed by atoms with Crippen LogP contribution in [-0.4, -0.2) is 29.4 Å². The molecule has 0 aliphatic carbocycles. The highest BCUT2D eigenvalue weighted by Gasteiger charge is 2.28. The van der Waals surface area contributed by atoms with E-state index in [1.807, 2.05) is 41.3 Å². The highest BCUT2D eigenvalue weighted by atomic mass is 79.9. The minimum atomic E-state index is 0.0733. The van der Waals surface area contributed by atoms with Crippen molar-refractivity contribution in [1.82, 2.24) is 9.88 Å². The van der Waals surface area contributed by atoms with E-state index in [0.29, 0.717) is 25.3 Å². The molecule has 124 valence electrons. The summed E-state index contributed by atoms with van der Waals surface area (Å²) in [5, 5.41) is 0. The third kappa shape index (κ3) is 3.43. The molecule has 1 aliphatic rings. The molecule has 0 N–H and O–H groups in total. The first-order valence-electron chi connectivity index (χ1n) is 7.60. The fourth-order valence-electron chi connectivity index (χ4n) is 2.63. The van der Waals surface area contributed by atoms with Gasteiger partial charge in [-0.1, -0.05) is 18.7 Å². The summed E-state index contributed by atoms with van der Waals surface area (Å²) in [5.41, 5.74) is 1.02. The van der Waals surface area contributed by atoms with Crippen LogP contribution in [-0.2, 0) is 11.3 Å². The largest absolute Gasteiger partial charge is 0.497 e. The summed E-state index contributed by atoms with van der Waals surface area (Å²) in [5.74, 6) is 2.31. The lowest BCUT2D eigenvalue weighted by Gasteiger charge is -2.38. The molecule has 1 amide bonds. The minimum Gasteiger partial charge on any atom is -0.497 e. The van der Waals surface area contributed by atoms with Crippen LogP contribution in [0.3, 0.4) is 0 Å². The fourth-order valence-corrected chi connectivity index (χ4v) is 2.86. The van der Waals surface area contributed by atoms with E-state index >= 15 is 0 Å². The Hall–Kier alpha value is -2.34. The number of pyridine rings is 1. The number of rotatable bonds is 4. The van der Waals surface area contributed by atoms with Crippen molar-refractivity contribution in [2.75, 3.05) is 18.6 Å². The number of anilines is 1. The Labute approximate surface area is 149 Å². The van der Waals surface area contributed by atoms with Crippen LogP contribution in [0, 0.1) is 0 Å². The van der Waals surface area contributed by atoms with Crippen molar-refractivity contribution in [2.24, 2.45) is 0 Å². The zero-order valence-corrected chi connectivity index (χ0v) is 15.0. The molecule has 1 aromatic carbocycles. The molecule has 3 rings (SSSR count). The van der Waals surface area contributed by atoms with Crippen molar-refractivity contribution < 1.29 is 9.53 Å². The molecule has 24 heavy (non-hydrogen) atoms. The normalized spacial score (nSPS) is 14.9. The molecule has 1 aliphatic heterocycles. The van der Waals surface area contributed by atoms with Gasteiger partial charge < -0.3 is 9.64 Å². The Morgan fingerprint density at radius 2 is 2.00 bits per heavy atom. The molecule has 0 spiro atoms. The Bertz CT molecular complexity index is 744. The summed E-state index contributed by atoms with van der Waals surface area (Å²) in [6.45, 7) is 5.18. The first-order valence-corrected chi connectivity index (χ1v) is 8.39. The number of methoxy groups -OCH3 is 1. The van der Waals surface area contributed by atoms with Crippen molar-refractivity contribution in [3.63, 3.8) is 0 Å². The van der Waals surface area contributed by atoms with Gasteiger partial charge in [-0.3, -0.25) is 9.69 Å². The third-order valence-corrected chi connectivity index (χ3v) is 4.43. The Morgan fingerprint density at radius 1 is 1.25 bits per heavy atom. The molecule has 5 nitrogen and oxygen atoms in total. The van der Waals surface area contributed by atoms with E-state index in [4.69, 9.17) is 4.74 Å². The van der Waals surface area contributed by atoms with Gasteiger partial charge in [0.2, 0.25) is 5.91 Å². The van der Waals surface area contributed by atoms with Gasteiger partial charge in [0.25, 0.3) is 0 Å². The Morgan fingerprint density at radius 3 is 2.62 bits per heavy atom. The molecular formula is C18H18BrN3O2. The molecule has 6 heteroatoms. The molecule has 0 bridgehead atoms. The zero-order chi connectivity index (χ0) is 17.1. The number of hydrogen-bond donors (Lipinski definition) is 0. The molecule has 1 fully saturated rings. The first kappa shape index (κ1) is 16.5. The number of ether oxygens (including phenoxy) is 1. The number of halogens is 1. The van der Waals surface area contributed by atoms with Crippen LogP contribution >= 0.6 is 15.9 Å². The number of aromatic nitrogens is 1. The van der Waals surface area contributed by atoms with E-state index in [9.17, 15) is 4.79 Å². The van der Waals surface area contributed by atoms with Gasteiger partial charge in [0.05, 0.1) is 13.7 Å². The number of hydrogen-bond acceptors (Lipinski definition) is 4. The second-order valence-corrected chi connectivity index (χ2v) is 6.40. The van der Waals surface area contributed by atoms with E-state index < -0.39 is 0 Å².